The van der Waals surface area contributed by atoms with E-state index in [1.165, 1.54) is 22.8 Å². The summed E-state index contributed by atoms with van der Waals surface area (Å²) in [7, 11) is 0. The van der Waals surface area contributed by atoms with Gasteiger partial charge in [0.05, 0.1) is 5.69 Å². The highest BCUT2D eigenvalue weighted by Gasteiger charge is 2.23. The summed E-state index contributed by atoms with van der Waals surface area (Å²) < 4.78 is 30.1. The molecule has 0 N–H and O–H groups in total. The Labute approximate surface area is 204 Å². The van der Waals surface area contributed by atoms with Crippen molar-refractivity contribution in [1.82, 2.24) is 9.47 Å². The van der Waals surface area contributed by atoms with Crippen LogP contribution in [-0.2, 0) is 4.84 Å². The minimum absolute atomic E-state index is 0.104. The molecule has 0 aliphatic carbocycles. The van der Waals surface area contributed by atoms with Crippen LogP contribution in [0.1, 0.15) is 48.9 Å². The standard InChI is InChI=1S/C28H31F2N3O2/c1-18(2)32-14-12-23(13-15-32)35-31-27(24-10-9-22(29)16-25(24)30)21-8-11-26(34)33(17-21)28-19(3)6-5-7-20(28)4/h5-11,16-18,23H,12-15H2,1-4H3/b31-27-. The number of likely N-dealkylation sites (tertiary alicyclic amines) is 1. The summed E-state index contributed by atoms with van der Waals surface area (Å²) in [5.41, 5.74) is 3.24. The molecule has 0 radical (unpaired) electrons. The van der Waals surface area contributed by atoms with Gasteiger partial charge in [0.1, 0.15) is 23.5 Å². The molecule has 0 amide bonds. The number of aromatic nitrogens is 1. The number of para-hydroxylation sites is 1. The van der Waals surface area contributed by atoms with Crippen LogP contribution in [0.5, 0.6) is 0 Å². The average Bonchev–Trinajstić information content (AvgIpc) is 2.82. The number of piperidine rings is 1. The first-order valence-corrected chi connectivity index (χ1v) is 12.0. The SMILES string of the molecule is Cc1cccc(C)c1-n1cc(/C(=N/OC2CCN(C(C)C)CC2)c2ccc(F)cc2F)ccc1=O. The molecule has 1 aliphatic heterocycles. The third-order valence-corrected chi connectivity index (χ3v) is 6.55. The lowest BCUT2D eigenvalue weighted by molar-refractivity contribution is 0.00449. The predicted octanol–water partition coefficient (Wildman–Crippen LogP) is 5.37. The summed E-state index contributed by atoms with van der Waals surface area (Å²) in [5, 5.41) is 4.38. The molecular weight excluding hydrogens is 448 g/mol. The second-order valence-electron chi connectivity index (χ2n) is 9.36. The Bertz CT molecular complexity index is 1270. The zero-order valence-corrected chi connectivity index (χ0v) is 20.6. The maximum absolute atomic E-state index is 14.9. The zero-order chi connectivity index (χ0) is 25.1. The lowest BCUT2D eigenvalue weighted by Crippen LogP contribution is -2.40. The van der Waals surface area contributed by atoms with Gasteiger partial charge in [0.25, 0.3) is 5.56 Å². The van der Waals surface area contributed by atoms with Gasteiger partial charge in [-0.2, -0.15) is 0 Å². The van der Waals surface area contributed by atoms with E-state index >= 15 is 0 Å². The quantitative estimate of drug-likeness (QED) is 0.353. The molecule has 1 aliphatic rings. The highest BCUT2D eigenvalue weighted by molar-refractivity contribution is 6.12. The molecule has 35 heavy (non-hydrogen) atoms. The van der Waals surface area contributed by atoms with E-state index in [1.807, 2.05) is 32.0 Å². The van der Waals surface area contributed by atoms with Crippen LogP contribution in [0.15, 0.2) is 64.7 Å². The van der Waals surface area contributed by atoms with Crippen LogP contribution in [0.25, 0.3) is 5.69 Å². The first-order chi connectivity index (χ1) is 16.7. The predicted molar refractivity (Wildman–Crippen MR) is 134 cm³/mol. The molecule has 0 spiro atoms. The van der Waals surface area contributed by atoms with Crippen LogP contribution < -0.4 is 5.56 Å². The first kappa shape index (κ1) is 24.8. The van der Waals surface area contributed by atoms with E-state index in [9.17, 15) is 13.6 Å². The zero-order valence-electron chi connectivity index (χ0n) is 20.6. The van der Waals surface area contributed by atoms with E-state index in [0.717, 1.165) is 48.8 Å². The van der Waals surface area contributed by atoms with Crippen LogP contribution in [0.4, 0.5) is 8.78 Å². The molecule has 184 valence electrons. The number of oxime groups is 1. The molecule has 5 nitrogen and oxygen atoms in total. The Balaban J connectivity index is 1.75. The molecule has 0 saturated carbocycles. The maximum Gasteiger partial charge on any atom is 0.255 e. The largest absolute Gasteiger partial charge is 0.392 e. The average molecular weight is 480 g/mol. The molecule has 3 aromatic rings. The normalized spacial score (nSPS) is 15.6. The number of aryl methyl sites for hydroxylation is 2. The second kappa shape index (κ2) is 10.5. The number of hydrogen-bond acceptors (Lipinski definition) is 4. The van der Waals surface area contributed by atoms with Crippen molar-refractivity contribution in [2.45, 2.75) is 52.7 Å². The van der Waals surface area contributed by atoms with E-state index in [0.29, 0.717) is 11.6 Å². The third-order valence-electron chi connectivity index (χ3n) is 6.55. The van der Waals surface area contributed by atoms with Gasteiger partial charge in [0.2, 0.25) is 0 Å². The van der Waals surface area contributed by atoms with Crippen LogP contribution in [-0.4, -0.2) is 40.4 Å². The van der Waals surface area contributed by atoms with E-state index in [2.05, 4.69) is 23.9 Å². The number of hydrogen-bond donors (Lipinski definition) is 0. The van der Waals surface area contributed by atoms with Gasteiger partial charge in [-0.3, -0.25) is 9.36 Å². The maximum atomic E-state index is 14.9. The molecule has 2 aromatic carbocycles. The van der Waals surface area contributed by atoms with Crippen molar-refractivity contribution in [2.24, 2.45) is 5.16 Å². The summed E-state index contributed by atoms with van der Waals surface area (Å²) in [6.07, 6.45) is 3.16. The van der Waals surface area contributed by atoms with Crippen molar-refractivity contribution in [2.75, 3.05) is 13.1 Å². The van der Waals surface area contributed by atoms with Gasteiger partial charge in [-0.15, -0.1) is 0 Å². The van der Waals surface area contributed by atoms with Gasteiger partial charge in [-0.1, -0.05) is 23.4 Å². The van der Waals surface area contributed by atoms with Crippen LogP contribution in [0, 0.1) is 25.5 Å². The smallest absolute Gasteiger partial charge is 0.255 e. The van der Waals surface area contributed by atoms with Gasteiger partial charge >= 0.3 is 0 Å². The fourth-order valence-electron chi connectivity index (χ4n) is 4.55. The van der Waals surface area contributed by atoms with Crippen molar-refractivity contribution >= 4 is 5.71 Å². The molecule has 0 bridgehead atoms. The number of benzene rings is 2. The van der Waals surface area contributed by atoms with Gasteiger partial charge in [0.15, 0.2) is 0 Å². The topological polar surface area (TPSA) is 46.8 Å². The van der Waals surface area contributed by atoms with Crippen molar-refractivity contribution < 1.29 is 13.6 Å². The summed E-state index contributed by atoms with van der Waals surface area (Å²) in [6, 6.07) is 12.7. The lowest BCUT2D eigenvalue weighted by atomic mass is 10.0. The molecule has 0 atom stereocenters. The number of pyridine rings is 1. The molecule has 7 heteroatoms. The van der Waals surface area contributed by atoms with Crippen molar-refractivity contribution in [3.05, 3.63) is 99.0 Å². The van der Waals surface area contributed by atoms with E-state index in [-0.39, 0.29) is 22.9 Å². The first-order valence-electron chi connectivity index (χ1n) is 12.0. The van der Waals surface area contributed by atoms with E-state index in [4.69, 9.17) is 4.84 Å². The monoisotopic (exact) mass is 479 g/mol. The van der Waals surface area contributed by atoms with Crippen molar-refractivity contribution in [1.29, 1.82) is 0 Å². The van der Waals surface area contributed by atoms with Crippen LogP contribution >= 0.6 is 0 Å². The number of halogens is 2. The second-order valence-corrected chi connectivity index (χ2v) is 9.36. The molecule has 4 rings (SSSR count). The van der Waals surface area contributed by atoms with Crippen molar-refractivity contribution in [3.8, 4) is 5.69 Å². The summed E-state index contributed by atoms with van der Waals surface area (Å²) >= 11 is 0. The van der Waals surface area contributed by atoms with Gasteiger partial charge < -0.3 is 9.74 Å². The molecule has 1 fully saturated rings. The highest BCUT2D eigenvalue weighted by Crippen LogP contribution is 2.22. The Morgan fingerprint density at radius 2 is 1.71 bits per heavy atom. The fraction of sp³-hybridized carbons (Fsp3) is 0.357. The summed E-state index contributed by atoms with van der Waals surface area (Å²) in [6.45, 7) is 10.00. The van der Waals surface area contributed by atoms with Gasteiger partial charge in [-0.25, -0.2) is 8.78 Å². The fourth-order valence-corrected chi connectivity index (χ4v) is 4.55. The van der Waals surface area contributed by atoms with Crippen LogP contribution in [0.2, 0.25) is 0 Å². The van der Waals surface area contributed by atoms with Crippen LogP contribution in [0.3, 0.4) is 0 Å². The third kappa shape index (κ3) is 5.51. The lowest BCUT2D eigenvalue weighted by Gasteiger charge is -2.33. The highest BCUT2D eigenvalue weighted by atomic mass is 19.1. The van der Waals surface area contributed by atoms with E-state index in [1.54, 1.807) is 12.3 Å². The molecule has 1 aromatic heterocycles. The Morgan fingerprint density at radius 1 is 1.03 bits per heavy atom. The molecule has 2 heterocycles. The number of nitrogens with zero attached hydrogens (tertiary/aromatic N) is 3. The summed E-state index contributed by atoms with van der Waals surface area (Å²) in [4.78, 5) is 21.1. The summed E-state index contributed by atoms with van der Waals surface area (Å²) in [5.74, 6) is -1.42. The van der Waals surface area contributed by atoms with Crippen molar-refractivity contribution in [3.63, 3.8) is 0 Å². The minimum atomic E-state index is -0.744. The van der Waals surface area contributed by atoms with Gasteiger partial charge in [0, 0.05) is 48.6 Å². The van der Waals surface area contributed by atoms with Gasteiger partial charge in [-0.05, 0) is 69.9 Å². The number of rotatable bonds is 6. The Hall–Kier alpha value is -3.32. The Kier molecular flexibility index (Phi) is 7.45. The molecule has 0 unspecified atom stereocenters. The molecular formula is C28H31F2N3O2. The molecule has 1 saturated heterocycles. The Morgan fingerprint density at radius 3 is 2.34 bits per heavy atom. The van der Waals surface area contributed by atoms with E-state index < -0.39 is 11.6 Å². The minimum Gasteiger partial charge on any atom is -0.392 e.